The monoisotopic (exact) mass is 343 g/mol. The van der Waals surface area contributed by atoms with Crippen molar-refractivity contribution in [2.24, 2.45) is 0 Å². The number of halogens is 3. The molecule has 1 N–H and O–H groups in total. The van der Waals surface area contributed by atoms with Gasteiger partial charge in [-0.2, -0.15) is 0 Å². The molecule has 0 saturated heterocycles. The van der Waals surface area contributed by atoms with Crippen LogP contribution in [0.4, 0.5) is 5.69 Å². The fourth-order valence-electron chi connectivity index (χ4n) is 1.66. The van der Waals surface area contributed by atoms with Gasteiger partial charge >= 0.3 is 0 Å². The number of carbonyl (C=O) groups excluding carboxylic acids is 1. The van der Waals surface area contributed by atoms with E-state index in [1.165, 1.54) is 0 Å². The van der Waals surface area contributed by atoms with Crippen molar-refractivity contribution in [3.05, 3.63) is 57.0 Å². The van der Waals surface area contributed by atoms with Crippen LogP contribution in [0.3, 0.4) is 0 Å². The third-order valence-corrected chi connectivity index (χ3v) is 3.75. The Kier molecular flexibility index (Phi) is 5.34. The molecular weight excluding hydrogens is 333 g/mol. The van der Waals surface area contributed by atoms with E-state index in [-0.39, 0.29) is 12.5 Å². The Morgan fingerprint density at radius 2 is 1.90 bits per heavy atom. The van der Waals surface area contributed by atoms with Gasteiger partial charge in [-0.25, -0.2) is 0 Å². The molecule has 21 heavy (non-hydrogen) atoms. The van der Waals surface area contributed by atoms with Crippen molar-refractivity contribution in [1.29, 1.82) is 0 Å². The Bertz CT molecular complexity index is 674. The van der Waals surface area contributed by atoms with Gasteiger partial charge in [-0.3, -0.25) is 4.79 Å². The molecular formula is C15H12Cl3NO2. The Morgan fingerprint density at radius 1 is 1.14 bits per heavy atom. The summed E-state index contributed by atoms with van der Waals surface area (Å²) in [7, 11) is 0. The average Bonchev–Trinajstić information content (AvgIpc) is 2.45. The molecule has 0 radical (unpaired) electrons. The lowest BCUT2D eigenvalue weighted by Gasteiger charge is -2.11. The van der Waals surface area contributed by atoms with Crippen molar-refractivity contribution in [3.63, 3.8) is 0 Å². The molecule has 1 amide bonds. The number of rotatable bonds is 4. The van der Waals surface area contributed by atoms with Gasteiger partial charge in [0.1, 0.15) is 5.75 Å². The molecule has 0 bridgehead atoms. The summed E-state index contributed by atoms with van der Waals surface area (Å²) < 4.78 is 5.36. The maximum Gasteiger partial charge on any atom is 0.262 e. The van der Waals surface area contributed by atoms with Gasteiger partial charge in [-0.1, -0.05) is 40.9 Å². The first kappa shape index (κ1) is 16.0. The highest BCUT2D eigenvalue weighted by Crippen LogP contribution is 2.28. The molecule has 2 rings (SSSR count). The maximum absolute atomic E-state index is 11.9. The number of hydrogen-bond acceptors (Lipinski definition) is 2. The fourth-order valence-corrected chi connectivity index (χ4v) is 2.17. The predicted molar refractivity (Wildman–Crippen MR) is 86.8 cm³/mol. The minimum absolute atomic E-state index is 0.175. The minimum atomic E-state index is -0.309. The van der Waals surface area contributed by atoms with Gasteiger partial charge in [0, 0.05) is 21.8 Å². The number of ether oxygens (including phenoxy) is 1. The second-order valence-corrected chi connectivity index (χ2v) is 5.57. The number of nitrogens with one attached hydrogen (secondary N) is 1. The molecule has 0 fully saturated rings. The van der Waals surface area contributed by atoms with Gasteiger partial charge in [0.2, 0.25) is 0 Å². The Balaban J connectivity index is 1.99. The zero-order valence-corrected chi connectivity index (χ0v) is 13.4. The van der Waals surface area contributed by atoms with Gasteiger partial charge in [0.05, 0.1) is 5.02 Å². The van der Waals surface area contributed by atoms with E-state index in [1.807, 2.05) is 6.92 Å². The Hall–Kier alpha value is -1.42. The lowest BCUT2D eigenvalue weighted by Crippen LogP contribution is -2.20. The van der Waals surface area contributed by atoms with E-state index in [1.54, 1.807) is 36.4 Å². The van der Waals surface area contributed by atoms with Crippen LogP contribution in [0.15, 0.2) is 36.4 Å². The van der Waals surface area contributed by atoms with E-state index in [0.717, 1.165) is 5.56 Å². The standard InChI is InChI=1S/C15H12Cl3NO2/c1-9-11(17)3-2-4-13(9)19-15(20)8-21-14-7-10(16)5-6-12(14)18/h2-7H,8H2,1H3,(H,19,20). The molecule has 2 aromatic carbocycles. The smallest absolute Gasteiger partial charge is 0.262 e. The van der Waals surface area contributed by atoms with Gasteiger partial charge in [0.25, 0.3) is 5.91 Å². The summed E-state index contributed by atoms with van der Waals surface area (Å²) >= 11 is 17.8. The van der Waals surface area contributed by atoms with Crippen molar-refractivity contribution in [2.45, 2.75) is 6.92 Å². The van der Waals surface area contributed by atoms with Crippen LogP contribution < -0.4 is 10.1 Å². The first-order valence-corrected chi connectivity index (χ1v) is 7.23. The molecule has 0 heterocycles. The van der Waals surface area contributed by atoms with Crippen molar-refractivity contribution in [1.82, 2.24) is 0 Å². The van der Waals surface area contributed by atoms with Crippen LogP contribution in [0.25, 0.3) is 0 Å². The highest BCUT2D eigenvalue weighted by Gasteiger charge is 2.09. The van der Waals surface area contributed by atoms with Crippen LogP contribution in [0.2, 0.25) is 15.1 Å². The molecule has 6 heteroatoms. The Morgan fingerprint density at radius 3 is 2.67 bits per heavy atom. The van der Waals surface area contributed by atoms with Gasteiger partial charge in [-0.05, 0) is 36.8 Å². The molecule has 0 saturated carbocycles. The van der Waals surface area contributed by atoms with E-state index >= 15 is 0 Å². The number of carbonyl (C=O) groups is 1. The molecule has 0 aliphatic carbocycles. The van der Waals surface area contributed by atoms with E-state index in [2.05, 4.69) is 5.32 Å². The molecule has 0 unspecified atom stereocenters. The van der Waals surface area contributed by atoms with E-state index in [0.29, 0.717) is 26.5 Å². The lowest BCUT2D eigenvalue weighted by molar-refractivity contribution is -0.118. The first-order valence-electron chi connectivity index (χ1n) is 6.10. The quantitative estimate of drug-likeness (QED) is 0.850. The highest BCUT2D eigenvalue weighted by atomic mass is 35.5. The molecule has 110 valence electrons. The van der Waals surface area contributed by atoms with Crippen molar-refractivity contribution in [3.8, 4) is 5.75 Å². The van der Waals surface area contributed by atoms with Crippen molar-refractivity contribution >= 4 is 46.4 Å². The van der Waals surface area contributed by atoms with E-state index in [4.69, 9.17) is 39.5 Å². The molecule has 2 aromatic rings. The number of amides is 1. The second-order valence-electron chi connectivity index (χ2n) is 4.32. The third kappa shape index (κ3) is 4.27. The van der Waals surface area contributed by atoms with Crippen molar-refractivity contribution in [2.75, 3.05) is 11.9 Å². The maximum atomic E-state index is 11.9. The number of benzene rings is 2. The van der Waals surface area contributed by atoms with E-state index in [9.17, 15) is 4.79 Å². The molecule has 0 aliphatic rings. The summed E-state index contributed by atoms with van der Waals surface area (Å²) in [6, 6.07) is 10.1. The number of anilines is 1. The van der Waals surface area contributed by atoms with Crippen molar-refractivity contribution < 1.29 is 9.53 Å². The zero-order valence-electron chi connectivity index (χ0n) is 11.1. The number of hydrogen-bond donors (Lipinski definition) is 1. The average molecular weight is 345 g/mol. The van der Waals surface area contributed by atoms with Crippen LogP contribution in [-0.4, -0.2) is 12.5 Å². The fraction of sp³-hybridized carbons (Fsp3) is 0.133. The first-order chi connectivity index (χ1) is 9.97. The molecule has 0 aliphatic heterocycles. The predicted octanol–water partition coefficient (Wildman–Crippen LogP) is 4.97. The molecule has 0 aromatic heterocycles. The molecule has 3 nitrogen and oxygen atoms in total. The summed E-state index contributed by atoms with van der Waals surface area (Å²) in [5, 5.41) is 4.20. The van der Waals surface area contributed by atoms with E-state index < -0.39 is 0 Å². The molecule has 0 spiro atoms. The SMILES string of the molecule is Cc1c(Cl)cccc1NC(=O)COc1cc(Cl)ccc1Cl. The van der Waals surface area contributed by atoms with Gasteiger partial charge < -0.3 is 10.1 Å². The highest BCUT2D eigenvalue weighted by molar-refractivity contribution is 6.34. The summed E-state index contributed by atoms with van der Waals surface area (Å²) in [6.45, 7) is 1.65. The third-order valence-electron chi connectivity index (χ3n) is 2.79. The summed E-state index contributed by atoms with van der Waals surface area (Å²) in [4.78, 5) is 11.9. The van der Waals surface area contributed by atoms with Crippen LogP contribution >= 0.6 is 34.8 Å². The van der Waals surface area contributed by atoms with Crippen LogP contribution in [0.1, 0.15) is 5.56 Å². The largest absolute Gasteiger partial charge is 0.482 e. The topological polar surface area (TPSA) is 38.3 Å². The van der Waals surface area contributed by atoms with Crippen LogP contribution in [0, 0.1) is 6.92 Å². The summed E-state index contributed by atoms with van der Waals surface area (Å²) in [5.41, 5.74) is 1.45. The zero-order chi connectivity index (χ0) is 15.4. The van der Waals surface area contributed by atoms with Crippen LogP contribution in [-0.2, 0) is 4.79 Å². The molecule has 0 atom stereocenters. The summed E-state index contributed by atoms with van der Waals surface area (Å²) in [6.07, 6.45) is 0. The normalized spacial score (nSPS) is 10.3. The van der Waals surface area contributed by atoms with Gasteiger partial charge in [-0.15, -0.1) is 0 Å². The Labute approximate surface area is 137 Å². The van der Waals surface area contributed by atoms with Crippen LogP contribution in [0.5, 0.6) is 5.75 Å². The second kappa shape index (κ2) is 7.03. The van der Waals surface area contributed by atoms with Gasteiger partial charge in [0.15, 0.2) is 6.61 Å². The summed E-state index contributed by atoms with van der Waals surface area (Å²) in [5.74, 6) is 0.0542. The minimum Gasteiger partial charge on any atom is -0.482 e. The lowest BCUT2D eigenvalue weighted by atomic mass is 10.2.